The molecule has 0 aliphatic rings. The first-order valence-electron chi connectivity index (χ1n) is 4.71. The summed E-state index contributed by atoms with van der Waals surface area (Å²) in [5.41, 5.74) is 0.992. The van der Waals surface area contributed by atoms with Crippen molar-refractivity contribution in [3.63, 3.8) is 0 Å². The Bertz CT molecular complexity index is 423. The van der Waals surface area contributed by atoms with Gasteiger partial charge in [0, 0.05) is 11.4 Å². The van der Waals surface area contributed by atoms with Gasteiger partial charge in [0.05, 0.1) is 6.26 Å². The molecule has 15 heavy (non-hydrogen) atoms. The summed E-state index contributed by atoms with van der Waals surface area (Å²) in [5, 5.41) is 10.5. The minimum absolute atomic E-state index is 0.508. The number of hydrogen-bond acceptors (Lipinski definition) is 2. The third-order valence-corrected chi connectivity index (χ3v) is 2.42. The van der Waals surface area contributed by atoms with E-state index >= 15 is 0 Å². The Balaban J connectivity index is 2.09. The smallest absolute Gasteiger partial charge is 0.132 e. The molecule has 1 aromatic heterocycles. The molecule has 1 aromatic carbocycles. The first-order chi connectivity index (χ1) is 7.25. The molecule has 0 radical (unpaired) electrons. The van der Waals surface area contributed by atoms with Gasteiger partial charge in [0.2, 0.25) is 0 Å². The highest BCUT2D eigenvalue weighted by Gasteiger charge is 2.10. The third-order valence-electron chi connectivity index (χ3n) is 2.19. The molecule has 2 rings (SSSR count). The van der Waals surface area contributed by atoms with Crippen LogP contribution >= 0.6 is 11.6 Å². The highest BCUT2D eigenvalue weighted by molar-refractivity contribution is 6.30. The van der Waals surface area contributed by atoms with Crippen molar-refractivity contribution in [3.05, 3.63) is 59.0 Å². The van der Waals surface area contributed by atoms with Crippen LogP contribution in [0.1, 0.15) is 17.4 Å². The summed E-state index contributed by atoms with van der Waals surface area (Å²) >= 11 is 5.85. The van der Waals surface area contributed by atoms with Gasteiger partial charge in [0.1, 0.15) is 11.9 Å². The van der Waals surface area contributed by atoms with Crippen molar-refractivity contribution in [1.29, 1.82) is 0 Å². The Labute approximate surface area is 93.1 Å². The standard InChI is InChI=1S/C12H11ClO2/c13-10-4-1-3-9(7-10)8-11(14)12-5-2-6-15-12/h1-7,11,14H,8H2. The molecule has 0 saturated heterocycles. The van der Waals surface area contributed by atoms with Crippen LogP contribution in [0, 0.1) is 0 Å². The zero-order chi connectivity index (χ0) is 10.7. The molecular weight excluding hydrogens is 212 g/mol. The Hall–Kier alpha value is -1.25. The number of halogens is 1. The maximum Gasteiger partial charge on any atom is 0.132 e. The zero-order valence-corrected chi connectivity index (χ0v) is 8.82. The zero-order valence-electron chi connectivity index (χ0n) is 8.06. The molecule has 0 fully saturated rings. The summed E-state index contributed by atoms with van der Waals surface area (Å²) < 4.78 is 5.11. The maximum atomic E-state index is 9.82. The van der Waals surface area contributed by atoms with Gasteiger partial charge in [-0.15, -0.1) is 0 Å². The van der Waals surface area contributed by atoms with Gasteiger partial charge in [0.25, 0.3) is 0 Å². The number of furan rings is 1. The lowest BCUT2D eigenvalue weighted by Crippen LogP contribution is -2.00. The fourth-order valence-electron chi connectivity index (χ4n) is 1.47. The van der Waals surface area contributed by atoms with Gasteiger partial charge in [-0.2, -0.15) is 0 Å². The van der Waals surface area contributed by atoms with Gasteiger partial charge in [-0.05, 0) is 29.8 Å². The summed E-state index contributed by atoms with van der Waals surface area (Å²) in [6.07, 6.45) is 1.45. The SMILES string of the molecule is OC(Cc1cccc(Cl)c1)c1ccco1. The molecular formula is C12H11ClO2. The van der Waals surface area contributed by atoms with Crippen molar-refractivity contribution in [2.45, 2.75) is 12.5 Å². The van der Waals surface area contributed by atoms with Gasteiger partial charge >= 0.3 is 0 Å². The molecule has 0 spiro atoms. The summed E-state index contributed by atoms with van der Waals surface area (Å²) in [5.74, 6) is 0.579. The van der Waals surface area contributed by atoms with E-state index in [1.807, 2.05) is 24.3 Å². The van der Waals surface area contributed by atoms with Gasteiger partial charge in [0.15, 0.2) is 0 Å². The number of hydrogen-bond donors (Lipinski definition) is 1. The van der Waals surface area contributed by atoms with E-state index in [-0.39, 0.29) is 0 Å². The Kier molecular flexibility index (Phi) is 3.09. The van der Waals surface area contributed by atoms with Gasteiger partial charge in [-0.3, -0.25) is 0 Å². The van der Waals surface area contributed by atoms with E-state index in [0.717, 1.165) is 5.56 Å². The largest absolute Gasteiger partial charge is 0.467 e. The quantitative estimate of drug-likeness (QED) is 0.865. The lowest BCUT2D eigenvalue weighted by molar-refractivity contribution is 0.150. The van der Waals surface area contributed by atoms with E-state index in [2.05, 4.69) is 0 Å². The lowest BCUT2D eigenvalue weighted by atomic mass is 10.1. The van der Waals surface area contributed by atoms with Crippen molar-refractivity contribution >= 4 is 11.6 Å². The molecule has 2 nitrogen and oxygen atoms in total. The van der Waals surface area contributed by atoms with Crippen molar-refractivity contribution < 1.29 is 9.52 Å². The number of benzene rings is 1. The average Bonchev–Trinajstić information content (AvgIpc) is 2.70. The fourth-order valence-corrected chi connectivity index (χ4v) is 1.68. The normalized spacial score (nSPS) is 12.7. The first kappa shape index (κ1) is 10.3. The number of rotatable bonds is 3. The highest BCUT2D eigenvalue weighted by Crippen LogP contribution is 2.20. The van der Waals surface area contributed by atoms with Gasteiger partial charge in [-0.1, -0.05) is 23.7 Å². The van der Waals surface area contributed by atoms with Gasteiger partial charge in [-0.25, -0.2) is 0 Å². The second kappa shape index (κ2) is 4.51. The van der Waals surface area contributed by atoms with Crippen LogP contribution in [0.5, 0.6) is 0 Å². The van der Waals surface area contributed by atoms with Crippen LogP contribution in [0.4, 0.5) is 0 Å². The summed E-state index contributed by atoms with van der Waals surface area (Å²) in [4.78, 5) is 0. The summed E-state index contributed by atoms with van der Waals surface area (Å²) in [6, 6.07) is 11.0. The molecule has 1 N–H and O–H groups in total. The van der Waals surface area contributed by atoms with E-state index < -0.39 is 6.10 Å². The predicted molar refractivity (Wildman–Crippen MR) is 58.8 cm³/mol. The molecule has 0 aliphatic carbocycles. The summed E-state index contributed by atoms with van der Waals surface area (Å²) in [7, 11) is 0. The van der Waals surface area contributed by atoms with E-state index in [0.29, 0.717) is 17.2 Å². The topological polar surface area (TPSA) is 33.4 Å². The number of aliphatic hydroxyl groups excluding tert-OH is 1. The monoisotopic (exact) mass is 222 g/mol. The molecule has 0 bridgehead atoms. The van der Waals surface area contributed by atoms with Gasteiger partial charge < -0.3 is 9.52 Å². The van der Waals surface area contributed by atoms with Crippen LogP contribution in [-0.2, 0) is 6.42 Å². The van der Waals surface area contributed by atoms with Crippen molar-refractivity contribution in [3.8, 4) is 0 Å². The maximum absolute atomic E-state index is 9.82. The molecule has 78 valence electrons. The minimum atomic E-state index is -0.613. The first-order valence-corrected chi connectivity index (χ1v) is 5.09. The average molecular weight is 223 g/mol. The Morgan fingerprint density at radius 1 is 1.27 bits per heavy atom. The number of aliphatic hydroxyl groups is 1. The van der Waals surface area contributed by atoms with Crippen LogP contribution < -0.4 is 0 Å². The molecule has 1 atom stereocenters. The molecule has 1 heterocycles. The van der Waals surface area contributed by atoms with E-state index in [1.54, 1.807) is 18.4 Å². The fraction of sp³-hybridized carbons (Fsp3) is 0.167. The molecule has 0 saturated carbocycles. The van der Waals surface area contributed by atoms with Crippen molar-refractivity contribution in [1.82, 2.24) is 0 Å². The molecule has 2 aromatic rings. The van der Waals surface area contributed by atoms with Crippen molar-refractivity contribution in [2.24, 2.45) is 0 Å². The van der Waals surface area contributed by atoms with Crippen molar-refractivity contribution in [2.75, 3.05) is 0 Å². The third kappa shape index (κ3) is 2.61. The molecule has 0 aliphatic heterocycles. The lowest BCUT2D eigenvalue weighted by Gasteiger charge is -2.07. The van der Waals surface area contributed by atoms with Crippen LogP contribution in [0.15, 0.2) is 47.1 Å². The molecule has 1 unspecified atom stereocenters. The molecule has 3 heteroatoms. The minimum Gasteiger partial charge on any atom is -0.467 e. The van der Waals surface area contributed by atoms with E-state index in [9.17, 15) is 5.11 Å². The highest BCUT2D eigenvalue weighted by atomic mass is 35.5. The van der Waals surface area contributed by atoms with Crippen LogP contribution in [0.25, 0.3) is 0 Å². The second-order valence-corrected chi connectivity index (χ2v) is 3.80. The van der Waals surface area contributed by atoms with E-state index in [4.69, 9.17) is 16.0 Å². The summed E-state index contributed by atoms with van der Waals surface area (Å²) in [6.45, 7) is 0. The van der Waals surface area contributed by atoms with E-state index in [1.165, 1.54) is 0 Å². The van der Waals surface area contributed by atoms with Crippen LogP contribution in [0.2, 0.25) is 5.02 Å². The Morgan fingerprint density at radius 2 is 2.13 bits per heavy atom. The molecule has 0 amide bonds. The second-order valence-electron chi connectivity index (χ2n) is 3.37. The Morgan fingerprint density at radius 3 is 2.80 bits per heavy atom. The van der Waals surface area contributed by atoms with Crippen LogP contribution in [-0.4, -0.2) is 5.11 Å². The van der Waals surface area contributed by atoms with Crippen LogP contribution in [0.3, 0.4) is 0 Å². The predicted octanol–water partition coefficient (Wildman–Crippen LogP) is 3.21.